The molecule has 1 rings (SSSR count). The highest BCUT2D eigenvalue weighted by molar-refractivity contribution is 9.10. The zero-order chi connectivity index (χ0) is 16.0. The maximum Gasteiger partial charge on any atom is 0.258 e. The first kappa shape index (κ1) is 18.3. The minimum Gasteiger partial charge on any atom is -0.483 e. The molecule has 0 heterocycles. The average molecular weight is 379 g/mol. The molecule has 2 N–H and O–H groups in total. The second kappa shape index (κ2) is 8.01. The number of aliphatic hydroxyl groups is 1. The molecule has 0 radical (unpaired) electrons. The molecule has 1 amide bonds. The number of halogens is 2. The maximum absolute atomic E-state index is 11.7. The minimum atomic E-state index is -0.912. The van der Waals surface area contributed by atoms with Gasteiger partial charge in [0, 0.05) is 11.6 Å². The number of hydrogen-bond donors (Lipinski definition) is 2. The second-order valence-corrected chi connectivity index (χ2v) is 7.03. The molecule has 118 valence electrons. The molecule has 0 saturated heterocycles. The third-order valence-electron chi connectivity index (χ3n) is 2.77. The van der Waals surface area contributed by atoms with E-state index in [0.29, 0.717) is 27.6 Å². The number of nitrogens with one attached hydrogen (secondary N) is 1. The predicted octanol–water partition coefficient (Wildman–Crippen LogP) is 3.39. The van der Waals surface area contributed by atoms with Crippen LogP contribution in [0.2, 0.25) is 5.02 Å². The van der Waals surface area contributed by atoms with Crippen LogP contribution < -0.4 is 10.1 Å². The lowest BCUT2D eigenvalue weighted by Crippen LogP contribution is -2.43. The highest BCUT2D eigenvalue weighted by atomic mass is 79.9. The summed E-state index contributed by atoms with van der Waals surface area (Å²) in [5, 5.41) is 13.4. The monoisotopic (exact) mass is 377 g/mol. The van der Waals surface area contributed by atoms with E-state index in [4.69, 9.17) is 16.3 Å². The summed E-state index contributed by atoms with van der Waals surface area (Å²) in [5.41, 5.74) is -0.912. The summed E-state index contributed by atoms with van der Waals surface area (Å²) in [5.74, 6) is 0.627. The Balaban J connectivity index is 2.41. The van der Waals surface area contributed by atoms with Crippen molar-refractivity contribution in [1.82, 2.24) is 5.32 Å². The summed E-state index contributed by atoms with van der Waals surface area (Å²) in [4.78, 5) is 11.7. The van der Waals surface area contributed by atoms with Gasteiger partial charge in [-0.2, -0.15) is 0 Å². The normalized spacial score (nSPS) is 13.9. The van der Waals surface area contributed by atoms with Crippen molar-refractivity contribution >= 4 is 33.4 Å². The molecular formula is C15H21BrClNO3. The number of ether oxygens (including phenoxy) is 1. The molecule has 0 fully saturated rings. The number of carbonyl (C=O) groups is 1. The standard InChI is InChI=1S/C15H21BrClNO3/c1-10(2)7-15(3,20)9-18-14(19)8-21-13-5-4-11(17)6-12(13)16/h4-6,10,20H,7-9H2,1-3H3,(H,18,19). The van der Waals surface area contributed by atoms with Crippen molar-refractivity contribution in [2.24, 2.45) is 5.92 Å². The van der Waals surface area contributed by atoms with Gasteiger partial charge in [0.2, 0.25) is 0 Å². The molecule has 0 spiro atoms. The molecule has 0 bridgehead atoms. The van der Waals surface area contributed by atoms with Crippen molar-refractivity contribution in [3.05, 3.63) is 27.7 Å². The van der Waals surface area contributed by atoms with Crippen LogP contribution in [-0.4, -0.2) is 29.8 Å². The van der Waals surface area contributed by atoms with Crippen LogP contribution >= 0.6 is 27.5 Å². The van der Waals surface area contributed by atoms with Crippen molar-refractivity contribution in [1.29, 1.82) is 0 Å². The van der Waals surface area contributed by atoms with Gasteiger partial charge < -0.3 is 15.2 Å². The van der Waals surface area contributed by atoms with Gasteiger partial charge in [0.1, 0.15) is 5.75 Å². The fourth-order valence-electron chi connectivity index (χ4n) is 2.03. The maximum atomic E-state index is 11.7. The third-order valence-corrected chi connectivity index (χ3v) is 3.62. The van der Waals surface area contributed by atoms with Crippen LogP contribution in [0, 0.1) is 5.92 Å². The Bertz CT molecular complexity index is 492. The van der Waals surface area contributed by atoms with Crippen LogP contribution in [-0.2, 0) is 4.79 Å². The van der Waals surface area contributed by atoms with Crippen LogP contribution in [0.25, 0.3) is 0 Å². The molecule has 1 atom stereocenters. The lowest BCUT2D eigenvalue weighted by atomic mass is 9.94. The highest BCUT2D eigenvalue weighted by Gasteiger charge is 2.22. The smallest absolute Gasteiger partial charge is 0.258 e. The summed E-state index contributed by atoms with van der Waals surface area (Å²) in [6.45, 7) is 5.85. The molecule has 4 nitrogen and oxygen atoms in total. The lowest BCUT2D eigenvalue weighted by Gasteiger charge is -2.25. The van der Waals surface area contributed by atoms with E-state index < -0.39 is 5.60 Å². The largest absolute Gasteiger partial charge is 0.483 e. The van der Waals surface area contributed by atoms with E-state index in [1.165, 1.54) is 0 Å². The summed E-state index contributed by atoms with van der Waals surface area (Å²) >= 11 is 9.14. The number of hydrogen-bond acceptors (Lipinski definition) is 3. The number of carbonyl (C=O) groups excluding carboxylic acids is 1. The van der Waals surface area contributed by atoms with E-state index in [9.17, 15) is 9.90 Å². The highest BCUT2D eigenvalue weighted by Crippen LogP contribution is 2.27. The quantitative estimate of drug-likeness (QED) is 0.764. The molecule has 6 heteroatoms. The van der Waals surface area contributed by atoms with Gasteiger partial charge in [0.05, 0.1) is 10.1 Å². The van der Waals surface area contributed by atoms with Gasteiger partial charge >= 0.3 is 0 Å². The van der Waals surface area contributed by atoms with Gasteiger partial charge in [0.15, 0.2) is 6.61 Å². The van der Waals surface area contributed by atoms with Crippen LogP contribution in [0.3, 0.4) is 0 Å². The fraction of sp³-hybridized carbons (Fsp3) is 0.533. The number of benzene rings is 1. The van der Waals surface area contributed by atoms with E-state index in [0.717, 1.165) is 0 Å². The third kappa shape index (κ3) is 7.16. The summed E-state index contributed by atoms with van der Waals surface area (Å²) in [7, 11) is 0. The van der Waals surface area contributed by atoms with E-state index >= 15 is 0 Å². The zero-order valence-electron chi connectivity index (χ0n) is 12.5. The summed E-state index contributed by atoms with van der Waals surface area (Å²) in [6, 6.07) is 5.07. The molecule has 0 aliphatic rings. The molecular weight excluding hydrogens is 358 g/mol. The van der Waals surface area contributed by atoms with Crippen LogP contribution in [0.15, 0.2) is 22.7 Å². The van der Waals surface area contributed by atoms with Gasteiger partial charge in [0.25, 0.3) is 5.91 Å². The Morgan fingerprint density at radius 1 is 1.52 bits per heavy atom. The Kier molecular flexibility index (Phi) is 6.97. The SMILES string of the molecule is CC(C)CC(C)(O)CNC(=O)COc1ccc(Cl)cc1Br. The molecule has 21 heavy (non-hydrogen) atoms. The van der Waals surface area contributed by atoms with Crippen molar-refractivity contribution in [3.63, 3.8) is 0 Å². The van der Waals surface area contributed by atoms with Crippen LogP contribution in [0.4, 0.5) is 0 Å². The van der Waals surface area contributed by atoms with Gasteiger partial charge in [-0.1, -0.05) is 25.4 Å². The van der Waals surface area contributed by atoms with E-state index in [-0.39, 0.29) is 19.1 Å². The van der Waals surface area contributed by atoms with Crippen molar-refractivity contribution < 1.29 is 14.6 Å². The van der Waals surface area contributed by atoms with E-state index in [1.54, 1.807) is 25.1 Å². The first-order chi connectivity index (χ1) is 9.69. The van der Waals surface area contributed by atoms with E-state index in [2.05, 4.69) is 21.2 Å². The Morgan fingerprint density at radius 2 is 2.19 bits per heavy atom. The summed E-state index contributed by atoms with van der Waals surface area (Å²) in [6.07, 6.45) is 0.622. The molecule has 1 unspecified atom stereocenters. The van der Waals surface area contributed by atoms with Gasteiger partial charge in [-0.15, -0.1) is 0 Å². The molecule has 0 saturated carbocycles. The van der Waals surface area contributed by atoms with Gasteiger partial charge in [-0.05, 0) is 53.4 Å². The fourth-order valence-corrected chi connectivity index (χ4v) is 2.82. The van der Waals surface area contributed by atoms with Crippen molar-refractivity contribution in [2.75, 3.05) is 13.2 Å². The first-order valence-corrected chi connectivity index (χ1v) is 7.93. The molecule has 1 aromatic carbocycles. The zero-order valence-corrected chi connectivity index (χ0v) is 14.8. The molecule has 0 aromatic heterocycles. The van der Waals surface area contributed by atoms with Crippen LogP contribution in [0.5, 0.6) is 5.75 Å². The Labute approximate surface area is 139 Å². The van der Waals surface area contributed by atoms with Gasteiger partial charge in [-0.3, -0.25) is 4.79 Å². The average Bonchev–Trinajstić information content (AvgIpc) is 2.34. The first-order valence-electron chi connectivity index (χ1n) is 6.76. The number of amides is 1. The Morgan fingerprint density at radius 3 is 2.76 bits per heavy atom. The predicted molar refractivity (Wildman–Crippen MR) is 87.7 cm³/mol. The minimum absolute atomic E-state index is 0.113. The number of rotatable bonds is 7. The topological polar surface area (TPSA) is 58.6 Å². The molecule has 1 aromatic rings. The second-order valence-electron chi connectivity index (χ2n) is 5.74. The van der Waals surface area contributed by atoms with E-state index in [1.807, 2.05) is 13.8 Å². The lowest BCUT2D eigenvalue weighted by molar-refractivity contribution is -0.124. The van der Waals surface area contributed by atoms with Crippen LogP contribution in [0.1, 0.15) is 27.2 Å². The Hall–Kier alpha value is -0.780. The van der Waals surface area contributed by atoms with Crippen molar-refractivity contribution in [3.8, 4) is 5.75 Å². The van der Waals surface area contributed by atoms with Crippen molar-refractivity contribution in [2.45, 2.75) is 32.8 Å². The molecule has 0 aliphatic heterocycles. The van der Waals surface area contributed by atoms with Gasteiger partial charge in [-0.25, -0.2) is 0 Å². The summed E-state index contributed by atoms with van der Waals surface area (Å²) < 4.78 is 6.09. The molecule has 0 aliphatic carbocycles.